The third kappa shape index (κ3) is 97.9. The fourth-order valence-corrected chi connectivity index (χ4v) is 0. The van der Waals surface area contributed by atoms with Gasteiger partial charge in [-0.3, -0.25) is 0 Å². The molecule has 4 nitrogen and oxygen atoms in total. The van der Waals surface area contributed by atoms with Crippen molar-refractivity contribution in [3.05, 3.63) is 0 Å². The second kappa shape index (κ2) is 2.94. The standard InChI is InChI=1S/ClHO4.I/c2-1(3,4)5;/h(H,2,3,4,5);/q;+1/p-1. The van der Waals surface area contributed by atoms with Gasteiger partial charge in [0.05, 0.1) is 0 Å². The van der Waals surface area contributed by atoms with Gasteiger partial charge in [-0.1, -0.05) is 0 Å². The summed E-state index contributed by atoms with van der Waals surface area (Å²) < 4.78 is 34.0. The van der Waals surface area contributed by atoms with Crippen LogP contribution in [0, 0.1) is 10.2 Å². The average Bonchev–Trinajstić information content (AvgIpc) is 0.722. The Bertz CT molecular complexity index is 23.0. The molecule has 0 aliphatic rings. The van der Waals surface area contributed by atoms with Crippen LogP contribution in [0.3, 0.4) is 0 Å². The Balaban J connectivity index is 0. The van der Waals surface area contributed by atoms with Crippen LogP contribution in [0.4, 0.5) is 0 Å². The lowest BCUT2D eigenvalue weighted by Crippen LogP contribution is -3.00. The summed E-state index contributed by atoms with van der Waals surface area (Å²) in [5, 5.41) is 0. The molecule has 0 fully saturated rings. The minimum atomic E-state index is -4.94. The van der Waals surface area contributed by atoms with Crippen LogP contribution in [0.25, 0.3) is 0 Å². The summed E-state index contributed by atoms with van der Waals surface area (Å²) in [5.74, 6) is 0. The van der Waals surface area contributed by atoms with Crippen molar-refractivity contribution in [2.24, 2.45) is 0 Å². The van der Waals surface area contributed by atoms with Gasteiger partial charge >= 0.3 is 24.0 Å². The van der Waals surface area contributed by atoms with Crippen molar-refractivity contribution in [1.82, 2.24) is 0 Å². The average molecular weight is 226 g/mol. The zero-order valence-corrected chi connectivity index (χ0v) is 5.30. The Morgan fingerprint density at radius 1 is 0.833 bits per heavy atom. The Morgan fingerprint density at radius 2 is 0.833 bits per heavy atom. The van der Waals surface area contributed by atoms with E-state index in [0.717, 1.165) is 0 Å². The van der Waals surface area contributed by atoms with Crippen molar-refractivity contribution >= 4 is 0 Å². The Hall–Kier alpha value is 0.860. The molecule has 0 aliphatic heterocycles. The third-order valence-corrected chi connectivity index (χ3v) is 0. The van der Waals surface area contributed by atoms with Gasteiger partial charge in [0.2, 0.25) is 0 Å². The zero-order valence-electron chi connectivity index (χ0n) is 2.39. The first-order valence-corrected chi connectivity index (χ1v) is 1.85. The summed E-state index contributed by atoms with van der Waals surface area (Å²) >= 11 is 0. The third-order valence-electron chi connectivity index (χ3n) is 0. The molecule has 0 aromatic carbocycles. The molecule has 0 heterocycles. The van der Waals surface area contributed by atoms with Crippen molar-refractivity contribution in [2.45, 2.75) is 0 Å². The highest BCUT2D eigenvalue weighted by Gasteiger charge is 1.84. The summed E-state index contributed by atoms with van der Waals surface area (Å²) in [7, 11) is -4.94. The van der Waals surface area contributed by atoms with E-state index in [1.54, 1.807) is 0 Å². The Morgan fingerprint density at radius 3 is 0.833 bits per heavy atom. The van der Waals surface area contributed by atoms with Gasteiger partial charge in [0.15, 0.2) is 0 Å². The molecule has 0 amide bonds. The van der Waals surface area contributed by atoms with Gasteiger partial charge in [0.25, 0.3) is 0 Å². The van der Waals surface area contributed by atoms with Crippen LogP contribution in [0.15, 0.2) is 0 Å². The second-order valence-electron chi connectivity index (χ2n) is 0.378. The lowest BCUT2D eigenvalue weighted by Gasteiger charge is -2.17. The Labute approximate surface area is 53.2 Å². The van der Waals surface area contributed by atoms with Crippen molar-refractivity contribution in [2.75, 3.05) is 0 Å². The lowest BCUT2D eigenvalue weighted by molar-refractivity contribution is -2.00. The van der Waals surface area contributed by atoms with Gasteiger partial charge in [-0.15, -0.1) is 10.2 Å². The summed E-state index contributed by atoms with van der Waals surface area (Å²) in [6.07, 6.45) is 0. The topological polar surface area (TPSA) is 92.2 Å². The number of hydrogen-bond acceptors (Lipinski definition) is 4. The minimum absolute atomic E-state index is 0. The van der Waals surface area contributed by atoms with Gasteiger partial charge in [0.1, 0.15) is 0 Å². The first-order chi connectivity index (χ1) is 2.00. The van der Waals surface area contributed by atoms with Crippen LogP contribution in [0.5, 0.6) is 0 Å². The van der Waals surface area contributed by atoms with E-state index < -0.39 is 10.2 Å². The molecule has 0 unspecified atom stereocenters. The van der Waals surface area contributed by atoms with Crippen LogP contribution in [-0.4, -0.2) is 0 Å². The zero-order chi connectivity index (χ0) is 4.50. The molecule has 0 rings (SSSR count). The summed E-state index contributed by atoms with van der Waals surface area (Å²) in [5.41, 5.74) is 0. The lowest BCUT2D eigenvalue weighted by atomic mass is 15.8. The summed E-state index contributed by atoms with van der Waals surface area (Å²) in [6.45, 7) is 0. The van der Waals surface area contributed by atoms with Gasteiger partial charge in [-0.05, 0) is 0 Å². The van der Waals surface area contributed by atoms with Crippen molar-refractivity contribution in [1.29, 1.82) is 0 Å². The van der Waals surface area contributed by atoms with Gasteiger partial charge < -0.3 is 0 Å². The van der Waals surface area contributed by atoms with E-state index in [1.807, 2.05) is 0 Å². The van der Waals surface area contributed by atoms with E-state index in [1.165, 1.54) is 0 Å². The fraction of sp³-hybridized carbons (Fsp3) is 0. The number of rotatable bonds is 0. The SMILES string of the molecule is [I+].[O-][Cl+3]([O-])([O-])[O-]. The van der Waals surface area contributed by atoms with Crippen molar-refractivity contribution < 1.29 is 52.9 Å². The molecular formula is ClIO4. The number of halogens is 2. The molecule has 0 aromatic rings. The summed E-state index contributed by atoms with van der Waals surface area (Å²) in [6, 6.07) is 0. The van der Waals surface area contributed by atoms with Gasteiger partial charge in [-0.2, -0.15) is 0 Å². The highest BCUT2D eigenvalue weighted by Crippen LogP contribution is 1.49. The maximum atomic E-state index is 8.49. The minimum Gasteiger partial charge on any atom is -0.222 e. The van der Waals surface area contributed by atoms with E-state index >= 15 is 0 Å². The van der Waals surface area contributed by atoms with Crippen molar-refractivity contribution in [3.63, 3.8) is 0 Å². The monoisotopic (exact) mass is 226 g/mol. The van der Waals surface area contributed by atoms with Crippen LogP contribution >= 0.6 is 0 Å². The molecule has 0 saturated heterocycles. The molecule has 0 N–H and O–H groups in total. The molecule has 6 heteroatoms. The van der Waals surface area contributed by atoms with E-state index in [9.17, 15) is 0 Å². The van der Waals surface area contributed by atoms with Crippen molar-refractivity contribution in [3.8, 4) is 0 Å². The van der Waals surface area contributed by atoms with Crippen LogP contribution < -0.4 is 42.6 Å². The second-order valence-corrected chi connectivity index (χ2v) is 1.13. The smallest absolute Gasteiger partial charge is 0.222 e. The van der Waals surface area contributed by atoms with E-state index in [4.69, 9.17) is 18.6 Å². The molecule has 6 heavy (non-hydrogen) atoms. The molecule has 0 saturated carbocycles. The maximum absolute atomic E-state index is 8.49. The van der Waals surface area contributed by atoms with Gasteiger partial charge in [0, 0.05) is 0 Å². The highest BCUT2D eigenvalue weighted by molar-refractivity contribution is 2.00. The van der Waals surface area contributed by atoms with E-state index in [2.05, 4.69) is 0 Å². The normalized spacial score (nSPS) is 10.0. The highest BCUT2D eigenvalue weighted by atomic mass is 127. The van der Waals surface area contributed by atoms with Crippen LogP contribution in [-0.2, 0) is 0 Å². The fourth-order valence-electron chi connectivity index (χ4n) is 0. The first-order valence-electron chi connectivity index (χ1n) is 0.617. The molecule has 0 aliphatic carbocycles. The molecule has 0 aromatic heterocycles. The predicted octanol–water partition coefficient (Wildman–Crippen LogP) is -7.75. The largest absolute Gasteiger partial charge is 1.00 e. The molecule has 0 atom stereocenters. The molecule has 2 radical (unpaired) electrons. The van der Waals surface area contributed by atoms with Crippen LogP contribution in [0.2, 0.25) is 0 Å². The number of hydrogen-bond donors (Lipinski definition) is 0. The predicted molar refractivity (Wildman–Crippen MR) is 0 cm³/mol. The molecular weight excluding hydrogens is 226 g/mol. The summed E-state index contributed by atoms with van der Waals surface area (Å²) in [4.78, 5) is 0. The van der Waals surface area contributed by atoms with E-state index in [0.29, 0.717) is 0 Å². The van der Waals surface area contributed by atoms with Crippen LogP contribution in [0.1, 0.15) is 0 Å². The molecule has 0 spiro atoms. The molecule has 0 bridgehead atoms. The van der Waals surface area contributed by atoms with Gasteiger partial charge in [-0.25, -0.2) is 18.6 Å². The maximum Gasteiger partial charge on any atom is 1.00 e. The molecule has 38 valence electrons. The quantitative estimate of drug-likeness (QED) is 0.384. The Kier molecular flexibility index (Phi) is 4.89. The first kappa shape index (κ1) is 9.97. The van der Waals surface area contributed by atoms with E-state index in [-0.39, 0.29) is 24.0 Å².